The summed E-state index contributed by atoms with van der Waals surface area (Å²) in [4.78, 5) is 1.87. The molecule has 0 aliphatic carbocycles. The van der Waals surface area contributed by atoms with Crippen molar-refractivity contribution in [3.05, 3.63) is 53.6 Å². The topological polar surface area (TPSA) is 76.8 Å². The van der Waals surface area contributed by atoms with E-state index in [1.807, 2.05) is 42.3 Å². The normalized spacial score (nSPS) is 9.42. The Morgan fingerprint density at radius 3 is 2.32 bits per heavy atom. The van der Waals surface area contributed by atoms with Crippen LogP contribution in [0.4, 0.5) is 17.1 Å². The Bertz CT molecular complexity index is 692. The van der Waals surface area contributed by atoms with Crippen LogP contribution in [0.3, 0.4) is 0 Å². The minimum atomic E-state index is 0.432. The average molecular weight is 248 g/mol. The number of hydrogen-bond acceptors (Lipinski definition) is 4. The predicted octanol–water partition coefficient (Wildman–Crippen LogP) is 2.78. The van der Waals surface area contributed by atoms with Crippen LogP contribution in [0.5, 0.6) is 0 Å². The third-order valence-corrected chi connectivity index (χ3v) is 2.93. The molecule has 2 N–H and O–H groups in total. The van der Waals surface area contributed by atoms with E-state index < -0.39 is 0 Å². The number of nitrogens with zero attached hydrogens (tertiary/aromatic N) is 3. The lowest BCUT2D eigenvalue weighted by Gasteiger charge is -2.21. The predicted molar refractivity (Wildman–Crippen MR) is 74.8 cm³/mol. The van der Waals surface area contributed by atoms with Crippen LogP contribution in [-0.2, 0) is 0 Å². The SMILES string of the molecule is CN(c1ccc(C#N)c(N)c1)c1ccccc1C#N. The molecule has 0 aliphatic heterocycles. The van der Waals surface area contributed by atoms with Gasteiger partial charge in [-0.25, -0.2) is 0 Å². The molecule has 0 saturated heterocycles. The Labute approximate surface area is 111 Å². The molecule has 19 heavy (non-hydrogen) atoms. The first kappa shape index (κ1) is 12.5. The van der Waals surface area contributed by atoms with E-state index in [4.69, 9.17) is 16.3 Å². The van der Waals surface area contributed by atoms with E-state index >= 15 is 0 Å². The average Bonchev–Trinajstić information content (AvgIpc) is 2.46. The van der Waals surface area contributed by atoms with Gasteiger partial charge in [-0.05, 0) is 30.3 Å². The van der Waals surface area contributed by atoms with Crippen LogP contribution in [0.25, 0.3) is 0 Å². The van der Waals surface area contributed by atoms with Crippen molar-refractivity contribution in [1.82, 2.24) is 0 Å². The third-order valence-electron chi connectivity index (χ3n) is 2.93. The highest BCUT2D eigenvalue weighted by Gasteiger charge is 2.10. The lowest BCUT2D eigenvalue weighted by atomic mass is 10.1. The summed E-state index contributed by atoms with van der Waals surface area (Å²) in [5, 5.41) is 18.0. The second-order valence-corrected chi connectivity index (χ2v) is 4.07. The Morgan fingerprint density at radius 1 is 1.00 bits per heavy atom. The molecule has 2 aromatic rings. The van der Waals surface area contributed by atoms with Gasteiger partial charge in [0.15, 0.2) is 0 Å². The summed E-state index contributed by atoms with van der Waals surface area (Å²) in [6, 6.07) is 16.7. The van der Waals surface area contributed by atoms with Gasteiger partial charge in [0.05, 0.1) is 22.5 Å². The van der Waals surface area contributed by atoms with Crippen molar-refractivity contribution >= 4 is 17.1 Å². The van der Waals surface area contributed by atoms with Crippen LogP contribution in [-0.4, -0.2) is 7.05 Å². The molecule has 4 nitrogen and oxygen atoms in total. The van der Waals surface area contributed by atoms with Crippen molar-refractivity contribution in [1.29, 1.82) is 10.5 Å². The molecule has 0 aliphatic rings. The molecule has 0 fully saturated rings. The lowest BCUT2D eigenvalue weighted by molar-refractivity contribution is 1.20. The molecule has 92 valence electrons. The number of rotatable bonds is 2. The summed E-state index contributed by atoms with van der Waals surface area (Å²) in [6.07, 6.45) is 0. The van der Waals surface area contributed by atoms with Crippen molar-refractivity contribution < 1.29 is 0 Å². The summed E-state index contributed by atoms with van der Waals surface area (Å²) in [5.74, 6) is 0. The van der Waals surface area contributed by atoms with Crippen LogP contribution < -0.4 is 10.6 Å². The fourth-order valence-corrected chi connectivity index (χ4v) is 1.86. The van der Waals surface area contributed by atoms with E-state index in [0.717, 1.165) is 11.4 Å². The van der Waals surface area contributed by atoms with Gasteiger partial charge < -0.3 is 10.6 Å². The molecular formula is C15H12N4. The molecule has 0 bridgehead atoms. The summed E-state index contributed by atoms with van der Waals surface area (Å²) in [5.41, 5.74) is 8.91. The van der Waals surface area contributed by atoms with Crippen molar-refractivity contribution in [2.75, 3.05) is 17.7 Å². The van der Waals surface area contributed by atoms with Gasteiger partial charge in [-0.3, -0.25) is 0 Å². The maximum absolute atomic E-state index is 9.11. The van der Waals surface area contributed by atoms with Gasteiger partial charge in [0, 0.05) is 12.7 Å². The van der Waals surface area contributed by atoms with Gasteiger partial charge in [-0.15, -0.1) is 0 Å². The zero-order valence-electron chi connectivity index (χ0n) is 10.5. The summed E-state index contributed by atoms with van der Waals surface area (Å²) < 4.78 is 0. The van der Waals surface area contributed by atoms with Gasteiger partial charge in [-0.2, -0.15) is 10.5 Å². The zero-order chi connectivity index (χ0) is 13.8. The molecule has 0 spiro atoms. The van der Waals surface area contributed by atoms with E-state index in [1.165, 1.54) is 0 Å². The molecule has 0 atom stereocenters. The second-order valence-electron chi connectivity index (χ2n) is 4.07. The number of nitriles is 2. The Hall–Kier alpha value is -2.98. The molecule has 0 aromatic heterocycles. The molecule has 2 aromatic carbocycles. The number of benzene rings is 2. The van der Waals surface area contributed by atoms with Crippen molar-refractivity contribution in [3.8, 4) is 12.1 Å². The van der Waals surface area contributed by atoms with Gasteiger partial charge in [0.25, 0.3) is 0 Å². The maximum atomic E-state index is 9.11. The van der Waals surface area contributed by atoms with E-state index in [-0.39, 0.29) is 0 Å². The van der Waals surface area contributed by atoms with Crippen molar-refractivity contribution in [2.24, 2.45) is 0 Å². The van der Waals surface area contributed by atoms with Crippen LogP contribution in [0.2, 0.25) is 0 Å². The number of para-hydroxylation sites is 1. The maximum Gasteiger partial charge on any atom is 0.101 e. The summed E-state index contributed by atoms with van der Waals surface area (Å²) in [7, 11) is 1.86. The van der Waals surface area contributed by atoms with Gasteiger partial charge in [0.2, 0.25) is 0 Å². The monoisotopic (exact) mass is 248 g/mol. The van der Waals surface area contributed by atoms with Crippen molar-refractivity contribution in [3.63, 3.8) is 0 Å². The van der Waals surface area contributed by atoms with Gasteiger partial charge in [-0.1, -0.05) is 12.1 Å². The quantitative estimate of drug-likeness (QED) is 0.829. The molecule has 0 amide bonds. The molecule has 4 heteroatoms. The number of anilines is 3. The summed E-state index contributed by atoms with van der Waals surface area (Å²) in [6.45, 7) is 0. The van der Waals surface area contributed by atoms with E-state index in [2.05, 4.69) is 6.07 Å². The Balaban J connectivity index is 2.45. The first-order valence-electron chi connectivity index (χ1n) is 5.70. The first-order valence-corrected chi connectivity index (χ1v) is 5.70. The zero-order valence-corrected chi connectivity index (χ0v) is 10.5. The lowest BCUT2D eigenvalue weighted by Crippen LogP contribution is -2.11. The highest BCUT2D eigenvalue weighted by molar-refractivity contribution is 5.72. The fraction of sp³-hybridized carbons (Fsp3) is 0.0667. The second kappa shape index (κ2) is 5.12. The van der Waals surface area contributed by atoms with Crippen LogP contribution in [0.1, 0.15) is 11.1 Å². The molecule has 0 radical (unpaired) electrons. The van der Waals surface area contributed by atoms with E-state index in [0.29, 0.717) is 16.8 Å². The minimum Gasteiger partial charge on any atom is -0.398 e. The summed E-state index contributed by atoms with van der Waals surface area (Å²) >= 11 is 0. The largest absolute Gasteiger partial charge is 0.398 e. The first-order chi connectivity index (χ1) is 9.17. The molecule has 0 unspecified atom stereocenters. The number of nitrogens with two attached hydrogens (primary N) is 1. The number of nitrogen functional groups attached to an aromatic ring is 1. The fourth-order valence-electron chi connectivity index (χ4n) is 1.86. The highest BCUT2D eigenvalue weighted by Crippen LogP contribution is 2.28. The van der Waals surface area contributed by atoms with E-state index in [1.54, 1.807) is 18.2 Å². The van der Waals surface area contributed by atoms with Gasteiger partial charge >= 0.3 is 0 Å². The van der Waals surface area contributed by atoms with E-state index in [9.17, 15) is 0 Å². The number of hydrogen-bond donors (Lipinski definition) is 1. The van der Waals surface area contributed by atoms with Crippen LogP contribution >= 0.6 is 0 Å². The molecule has 2 rings (SSSR count). The van der Waals surface area contributed by atoms with Crippen LogP contribution in [0.15, 0.2) is 42.5 Å². The molecule has 0 saturated carbocycles. The van der Waals surface area contributed by atoms with Crippen molar-refractivity contribution in [2.45, 2.75) is 0 Å². The standard InChI is InChI=1S/C15H12N4/c1-19(15-5-3-2-4-12(15)10-17)13-7-6-11(9-16)14(18)8-13/h2-8H,18H2,1H3. The third kappa shape index (κ3) is 2.34. The smallest absolute Gasteiger partial charge is 0.101 e. The van der Waals surface area contributed by atoms with Crippen LogP contribution in [0, 0.1) is 22.7 Å². The molecular weight excluding hydrogens is 236 g/mol. The Kier molecular flexibility index (Phi) is 3.36. The molecule has 0 heterocycles. The Morgan fingerprint density at radius 2 is 1.68 bits per heavy atom. The van der Waals surface area contributed by atoms with Gasteiger partial charge in [0.1, 0.15) is 12.1 Å². The minimum absolute atomic E-state index is 0.432. The highest BCUT2D eigenvalue weighted by atomic mass is 15.1.